The van der Waals surface area contributed by atoms with Crippen molar-refractivity contribution in [3.8, 4) is 17.2 Å². The van der Waals surface area contributed by atoms with E-state index in [2.05, 4.69) is 15.5 Å². The molecule has 0 saturated heterocycles. The third-order valence-corrected chi connectivity index (χ3v) is 4.28. The molecule has 146 valence electrons. The number of carbonyl (C=O) groups is 1. The molecule has 0 bridgehead atoms. The number of hydrogen-bond donors (Lipinski definition) is 1. The summed E-state index contributed by atoms with van der Waals surface area (Å²) in [5, 5.41) is 6.71. The lowest BCUT2D eigenvalue weighted by Gasteiger charge is -2.12. The predicted octanol–water partition coefficient (Wildman–Crippen LogP) is 4.98. The van der Waals surface area contributed by atoms with Crippen LogP contribution < -0.4 is 10.1 Å². The van der Waals surface area contributed by atoms with E-state index in [-0.39, 0.29) is 23.5 Å². The second-order valence-electron chi connectivity index (χ2n) is 6.52. The van der Waals surface area contributed by atoms with Gasteiger partial charge in [-0.15, -0.1) is 0 Å². The number of aromatic nitrogens is 2. The van der Waals surface area contributed by atoms with E-state index >= 15 is 0 Å². The molecule has 1 N–H and O–H groups in total. The lowest BCUT2D eigenvalue weighted by Crippen LogP contribution is -2.21. The Morgan fingerprint density at radius 2 is 2.11 bits per heavy atom. The number of amides is 1. The number of aryl methyl sites for hydroxylation is 1. The van der Waals surface area contributed by atoms with Crippen LogP contribution in [0, 0.1) is 12.7 Å². The normalized spacial score (nSPS) is 10.9. The molecule has 28 heavy (non-hydrogen) atoms. The van der Waals surface area contributed by atoms with E-state index in [9.17, 15) is 9.18 Å². The van der Waals surface area contributed by atoms with Crippen LogP contribution >= 0.6 is 11.6 Å². The summed E-state index contributed by atoms with van der Waals surface area (Å²) in [6.45, 7) is 5.52. The molecule has 0 aliphatic rings. The van der Waals surface area contributed by atoms with Crippen LogP contribution in [0.25, 0.3) is 11.5 Å². The fourth-order valence-electron chi connectivity index (χ4n) is 2.48. The highest BCUT2D eigenvalue weighted by atomic mass is 35.5. The van der Waals surface area contributed by atoms with Gasteiger partial charge in [0.15, 0.2) is 12.4 Å². The highest BCUT2D eigenvalue weighted by Gasteiger charge is 2.18. The smallest absolute Gasteiger partial charge is 0.262 e. The third kappa shape index (κ3) is 4.48. The molecule has 3 rings (SSSR count). The van der Waals surface area contributed by atoms with Crippen LogP contribution in [-0.4, -0.2) is 22.7 Å². The van der Waals surface area contributed by atoms with Crippen molar-refractivity contribution in [2.24, 2.45) is 0 Å². The molecule has 1 amide bonds. The van der Waals surface area contributed by atoms with Crippen LogP contribution in [0.4, 0.5) is 10.1 Å². The maximum absolute atomic E-state index is 13.2. The van der Waals surface area contributed by atoms with Crippen LogP contribution in [0.15, 0.2) is 40.9 Å². The van der Waals surface area contributed by atoms with Crippen LogP contribution in [0.1, 0.15) is 31.2 Å². The molecule has 1 heterocycles. The number of rotatable bonds is 6. The molecule has 0 saturated carbocycles. The Morgan fingerprint density at radius 3 is 2.79 bits per heavy atom. The van der Waals surface area contributed by atoms with E-state index in [0.717, 1.165) is 5.56 Å². The molecule has 0 atom stereocenters. The number of para-hydroxylation sites is 1. The molecule has 0 unspecified atom stereocenters. The molecule has 8 heteroatoms. The van der Waals surface area contributed by atoms with Crippen molar-refractivity contribution in [3.05, 3.63) is 58.6 Å². The van der Waals surface area contributed by atoms with Crippen molar-refractivity contribution in [1.29, 1.82) is 0 Å². The minimum atomic E-state index is -0.552. The molecule has 0 aliphatic heterocycles. The number of carbonyl (C=O) groups excluding carboxylic acids is 1. The highest BCUT2D eigenvalue weighted by molar-refractivity contribution is 6.30. The molecule has 1 aromatic heterocycles. The maximum Gasteiger partial charge on any atom is 0.262 e. The van der Waals surface area contributed by atoms with Crippen molar-refractivity contribution in [3.63, 3.8) is 0 Å². The third-order valence-electron chi connectivity index (χ3n) is 3.99. The summed E-state index contributed by atoms with van der Waals surface area (Å²) in [6, 6.07) is 9.39. The molecule has 6 nitrogen and oxygen atoms in total. The van der Waals surface area contributed by atoms with Crippen LogP contribution in [0.3, 0.4) is 0 Å². The zero-order valence-corrected chi connectivity index (χ0v) is 16.4. The van der Waals surface area contributed by atoms with Crippen molar-refractivity contribution in [1.82, 2.24) is 10.1 Å². The zero-order chi connectivity index (χ0) is 20.3. The van der Waals surface area contributed by atoms with Gasteiger partial charge in [0.1, 0.15) is 11.6 Å². The topological polar surface area (TPSA) is 77.3 Å². The molecule has 0 radical (unpaired) electrons. The Morgan fingerprint density at radius 1 is 1.32 bits per heavy atom. The van der Waals surface area contributed by atoms with Gasteiger partial charge in [-0.05, 0) is 30.7 Å². The standard InChI is InChI=1S/C20H19ClFN3O3/c1-11(2)19-24-20(28-25-19)14-6-4-5-12(3)18(14)23-17(26)10-27-13-7-8-16(22)15(21)9-13/h4-9,11H,10H2,1-3H3,(H,23,26). The van der Waals surface area contributed by atoms with E-state index in [1.165, 1.54) is 18.2 Å². The number of nitrogens with one attached hydrogen (secondary N) is 1. The van der Waals surface area contributed by atoms with Gasteiger partial charge in [-0.3, -0.25) is 4.79 Å². The van der Waals surface area contributed by atoms with Crippen LogP contribution in [0.2, 0.25) is 5.02 Å². The molecule has 2 aromatic carbocycles. The van der Waals surface area contributed by atoms with Crippen molar-refractivity contribution >= 4 is 23.2 Å². The second kappa shape index (κ2) is 8.39. The first-order valence-electron chi connectivity index (χ1n) is 8.66. The number of anilines is 1. The molecule has 0 spiro atoms. The van der Waals surface area contributed by atoms with E-state index in [0.29, 0.717) is 28.7 Å². The number of nitrogens with zero attached hydrogens (tertiary/aromatic N) is 2. The quantitative estimate of drug-likeness (QED) is 0.628. The van der Waals surface area contributed by atoms with Gasteiger partial charge < -0.3 is 14.6 Å². The number of benzene rings is 2. The van der Waals surface area contributed by atoms with Gasteiger partial charge >= 0.3 is 0 Å². The van der Waals surface area contributed by atoms with E-state index in [1.807, 2.05) is 32.9 Å². The van der Waals surface area contributed by atoms with Gasteiger partial charge in [0.25, 0.3) is 11.8 Å². The molecular formula is C20H19ClFN3O3. The highest BCUT2D eigenvalue weighted by Crippen LogP contribution is 2.30. The Hall–Kier alpha value is -2.93. The van der Waals surface area contributed by atoms with E-state index < -0.39 is 5.82 Å². The Labute approximate surface area is 166 Å². The molecular weight excluding hydrogens is 385 g/mol. The monoisotopic (exact) mass is 403 g/mol. The fraction of sp³-hybridized carbons (Fsp3) is 0.250. The number of hydrogen-bond acceptors (Lipinski definition) is 5. The number of halogens is 2. The SMILES string of the molecule is Cc1cccc(-c2nc(C(C)C)no2)c1NC(=O)COc1ccc(F)c(Cl)c1. The van der Waals surface area contributed by atoms with Crippen molar-refractivity contribution in [2.75, 3.05) is 11.9 Å². The lowest BCUT2D eigenvalue weighted by molar-refractivity contribution is -0.118. The van der Waals surface area contributed by atoms with Gasteiger partial charge in [0.05, 0.1) is 16.3 Å². The fourth-order valence-corrected chi connectivity index (χ4v) is 2.65. The average molecular weight is 404 g/mol. The first-order chi connectivity index (χ1) is 13.3. The number of ether oxygens (including phenoxy) is 1. The summed E-state index contributed by atoms with van der Waals surface area (Å²) in [5.41, 5.74) is 2.02. The molecule has 3 aromatic rings. The molecule has 0 aliphatic carbocycles. The Kier molecular flexibility index (Phi) is 5.94. The van der Waals surface area contributed by atoms with Gasteiger partial charge in [-0.1, -0.05) is 42.7 Å². The van der Waals surface area contributed by atoms with E-state index in [4.69, 9.17) is 20.9 Å². The zero-order valence-electron chi connectivity index (χ0n) is 15.6. The van der Waals surface area contributed by atoms with Crippen LogP contribution in [0.5, 0.6) is 5.75 Å². The van der Waals surface area contributed by atoms with Crippen molar-refractivity contribution in [2.45, 2.75) is 26.7 Å². The predicted molar refractivity (Wildman–Crippen MR) is 104 cm³/mol. The summed E-state index contributed by atoms with van der Waals surface area (Å²) >= 11 is 5.71. The van der Waals surface area contributed by atoms with Gasteiger partial charge in [0.2, 0.25) is 0 Å². The first kappa shape index (κ1) is 19.8. The first-order valence-corrected chi connectivity index (χ1v) is 9.04. The largest absolute Gasteiger partial charge is 0.484 e. The summed E-state index contributed by atoms with van der Waals surface area (Å²) in [4.78, 5) is 16.8. The van der Waals surface area contributed by atoms with Gasteiger partial charge in [-0.2, -0.15) is 4.98 Å². The second-order valence-corrected chi connectivity index (χ2v) is 6.93. The summed E-state index contributed by atoms with van der Waals surface area (Å²) < 4.78 is 23.9. The van der Waals surface area contributed by atoms with Crippen LogP contribution in [-0.2, 0) is 4.79 Å². The van der Waals surface area contributed by atoms with Crippen molar-refractivity contribution < 1.29 is 18.4 Å². The Bertz CT molecular complexity index is 1000. The average Bonchev–Trinajstić information content (AvgIpc) is 3.15. The summed E-state index contributed by atoms with van der Waals surface area (Å²) in [6.07, 6.45) is 0. The van der Waals surface area contributed by atoms with Gasteiger partial charge in [-0.25, -0.2) is 4.39 Å². The van der Waals surface area contributed by atoms with E-state index in [1.54, 1.807) is 6.07 Å². The summed E-state index contributed by atoms with van der Waals surface area (Å²) in [5.74, 6) is 0.392. The Balaban J connectivity index is 1.75. The van der Waals surface area contributed by atoms with Gasteiger partial charge in [0, 0.05) is 12.0 Å². The minimum absolute atomic E-state index is 0.0727. The maximum atomic E-state index is 13.2. The minimum Gasteiger partial charge on any atom is -0.484 e. The molecule has 0 fully saturated rings. The summed E-state index contributed by atoms with van der Waals surface area (Å²) in [7, 11) is 0. The lowest BCUT2D eigenvalue weighted by atomic mass is 10.1.